The summed E-state index contributed by atoms with van der Waals surface area (Å²) in [5.74, 6) is -2.03. The van der Waals surface area contributed by atoms with Crippen molar-refractivity contribution in [2.45, 2.75) is 79.1 Å². The van der Waals surface area contributed by atoms with Crippen molar-refractivity contribution in [3.05, 3.63) is 71.3 Å². The maximum atomic E-state index is 12.0. The van der Waals surface area contributed by atoms with E-state index in [2.05, 4.69) is 4.89 Å². The third kappa shape index (κ3) is 13.0. The molecule has 36 heavy (non-hydrogen) atoms. The maximum Gasteiger partial charge on any atom is 0.373 e. The highest BCUT2D eigenvalue weighted by Gasteiger charge is 2.24. The van der Waals surface area contributed by atoms with Gasteiger partial charge in [-0.25, -0.2) is 14.4 Å². The van der Waals surface area contributed by atoms with Crippen LogP contribution < -0.4 is 0 Å². The van der Waals surface area contributed by atoms with Crippen molar-refractivity contribution < 1.29 is 43.7 Å². The second-order valence-electron chi connectivity index (χ2n) is 10.6. The SMILES string of the molecule is CC(C)(C)OOC(=O)c1ccccc1.CC(C)(C)OOC(=O)c1ccccc1C(=O)OOC(C)(C)C. The van der Waals surface area contributed by atoms with E-state index in [1.54, 1.807) is 77.9 Å². The van der Waals surface area contributed by atoms with Gasteiger partial charge in [0.05, 0.1) is 16.7 Å². The minimum Gasteiger partial charge on any atom is -0.292 e. The molecule has 0 fully saturated rings. The molecule has 9 nitrogen and oxygen atoms in total. The number of carbonyl (C=O) groups excluding carboxylic acids is 3. The van der Waals surface area contributed by atoms with E-state index in [-0.39, 0.29) is 11.1 Å². The standard InChI is InChI=1S/C16H22O6.C11H14O3/c1-15(2,3)21-19-13(17)11-9-7-8-10-12(11)14(18)20-22-16(4,5)6;1-11(2,3)14-13-10(12)9-7-5-4-6-8-9/h7-10H,1-6H3;4-8H,1-3H3. The molecule has 0 saturated heterocycles. The van der Waals surface area contributed by atoms with E-state index in [1.165, 1.54) is 12.1 Å². The molecule has 198 valence electrons. The number of hydrogen-bond acceptors (Lipinski definition) is 9. The number of benzene rings is 2. The summed E-state index contributed by atoms with van der Waals surface area (Å²) in [6.45, 7) is 15.8. The van der Waals surface area contributed by atoms with E-state index >= 15 is 0 Å². The molecule has 0 atom stereocenters. The molecule has 0 spiro atoms. The largest absolute Gasteiger partial charge is 0.373 e. The van der Waals surface area contributed by atoms with Crippen LogP contribution in [0.5, 0.6) is 0 Å². The first-order valence-corrected chi connectivity index (χ1v) is 11.3. The topological polar surface area (TPSA) is 107 Å². The molecule has 2 aromatic rings. The Hall–Kier alpha value is -3.27. The van der Waals surface area contributed by atoms with Gasteiger partial charge in [-0.3, -0.25) is 14.7 Å². The number of carbonyl (C=O) groups is 3. The highest BCUT2D eigenvalue weighted by molar-refractivity contribution is 6.02. The predicted molar refractivity (Wildman–Crippen MR) is 132 cm³/mol. The lowest BCUT2D eigenvalue weighted by atomic mass is 10.1. The number of hydrogen-bond donors (Lipinski definition) is 0. The second kappa shape index (κ2) is 13.2. The van der Waals surface area contributed by atoms with Gasteiger partial charge in [-0.1, -0.05) is 30.3 Å². The smallest absolute Gasteiger partial charge is 0.292 e. The van der Waals surface area contributed by atoms with Gasteiger partial charge in [-0.15, -0.1) is 0 Å². The molecule has 0 aliphatic rings. The first kappa shape index (κ1) is 30.8. The van der Waals surface area contributed by atoms with Crippen molar-refractivity contribution in [2.75, 3.05) is 0 Å². The Labute approximate surface area is 212 Å². The molecule has 2 aromatic carbocycles. The molecule has 0 amide bonds. The summed E-state index contributed by atoms with van der Waals surface area (Å²) in [7, 11) is 0. The molecule has 0 aliphatic heterocycles. The van der Waals surface area contributed by atoms with Gasteiger partial charge < -0.3 is 0 Å². The predicted octanol–water partition coefficient (Wildman–Crippen LogP) is 6.03. The maximum absolute atomic E-state index is 12.0. The summed E-state index contributed by atoms with van der Waals surface area (Å²) in [5.41, 5.74) is -1.23. The van der Waals surface area contributed by atoms with Crippen LogP contribution in [0.1, 0.15) is 93.4 Å². The summed E-state index contributed by atoms with van der Waals surface area (Å²) >= 11 is 0. The zero-order valence-electron chi connectivity index (χ0n) is 22.4. The van der Waals surface area contributed by atoms with E-state index in [0.29, 0.717) is 5.56 Å². The van der Waals surface area contributed by atoms with Crippen molar-refractivity contribution in [2.24, 2.45) is 0 Å². The lowest BCUT2D eigenvalue weighted by Gasteiger charge is -2.18. The van der Waals surface area contributed by atoms with Gasteiger partial charge in [0, 0.05) is 0 Å². The van der Waals surface area contributed by atoms with Gasteiger partial charge in [0.1, 0.15) is 16.8 Å². The Kier molecular flexibility index (Phi) is 11.2. The fourth-order valence-corrected chi connectivity index (χ4v) is 2.04. The molecule has 0 saturated carbocycles. The van der Waals surface area contributed by atoms with Crippen LogP contribution in [0.25, 0.3) is 0 Å². The fourth-order valence-electron chi connectivity index (χ4n) is 2.04. The number of rotatable bonds is 6. The molecule has 0 aliphatic carbocycles. The molecular formula is C27H36O9. The van der Waals surface area contributed by atoms with Gasteiger partial charge in [0.15, 0.2) is 0 Å². The van der Waals surface area contributed by atoms with Crippen molar-refractivity contribution in [1.82, 2.24) is 0 Å². The van der Waals surface area contributed by atoms with Crippen molar-refractivity contribution in [1.29, 1.82) is 0 Å². The molecule has 0 unspecified atom stereocenters. The molecular weight excluding hydrogens is 468 g/mol. The van der Waals surface area contributed by atoms with Gasteiger partial charge in [0.2, 0.25) is 0 Å². The minimum atomic E-state index is -0.779. The first-order valence-electron chi connectivity index (χ1n) is 11.3. The van der Waals surface area contributed by atoms with E-state index in [9.17, 15) is 14.4 Å². The van der Waals surface area contributed by atoms with Crippen LogP contribution in [0, 0.1) is 0 Å². The fraction of sp³-hybridized carbons (Fsp3) is 0.444. The van der Waals surface area contributed by atoms with Crippen LogP contribution in [-0.2, 0) is 29.3 Å². The van der Waals surface area contributed by atoms with E-state index in [1.807, 2.05) is 26.8 Å². The van der Waals surface area contributed by atoms with Crippen molar-refractivity contribution in [3.8, 4) is 0 Å². The first-order chi connectivity index (χ1) is 16.5. The Bertz CT molecular complexity index is 945. The summed E-state index contributed by atoms with van der Waals surface area (Å²) < 4.78 is 0. The molecule has 9 heteroatoms. The van der Waals surface area contributed by atoms with Crippen LogP contribution in [0.2, 0.25) is 0 Å². The van der Waals surface area contributed by atoms with Crippen LogP contribution in [0.3, 0.4) is 0 Å². The summed E-state index contributed by atoms with van der Waals surface area (Å²) in [6, 6.07) is 14.8. The minimum absolute atomic E-state index is 0.0364. The lowest BCUT2D eigenvalue weighted by Crippen LogP contribution is -2.24. The highest BCUT2D eigenvalue weighted by atomic mass is 17.2. The molecule has 0 bridgehead atoms. The van der Waals surface area contributed by atoms with E-state index in [4.69, 9.17) is 24.4 Å². The Balaban J connectivity index is 0.000000397. The van der Waals surface area contributed by atoms with E-state index < -0.39 is 34.7 Å². The Morgan fingerprint density at radius 2 is 0.778 bits per heavy atom. The van der Waals surface area contributed by atoms with E-state index in [0.717, 1.165) is 0 Å². The molecule has 0 heterocycles. The van der Waals surface area contributed by atoms with Crippen molar-refractivity contribution >= 4 is 17.9 Å². The summed E-state index contributed by atoms with van der Waals surface area (Å²) in [4.78, 5) is 64.3. The zero-order chi connectivity index (χ0) is 27.6. The summed E-state index contributed by atoms with van der Waals surface area (Å²) in [6.07, 6.45) is 0. The molecule has 0 radical (unpaired) electrons. The van der Waals surface area contributed by atoms with Crippen LogP contribution in [0.15, 0.2) is 54.6 Å². The average molecular weight is 505 g/mol. The van der Waals surface area contributed by atoms with Gasteiger partial charge in [0.25, 0.3) is 0 Å². The second-order valence-corrected chi connectivity index (χ2v) is 10.6. The quantitative estimate of drug-likeness (QED) is 0.344. The van der Waals surface area contributed by atoms with Crippen LogP contribution in [-0.4, -0.2) is 34.7 Å². The zero-order valence-corrected chi connectivity index (χ0v) is 22.4. The Morgan fingerprint density at radius 1 is 0.472 bits per heavy atom. The normalized spacial score (nSPS) is 11.6. The highest BCUT2D eigenvalue weighted by Crippen LogP contribution is 2.16. The van der Waals surface area contributed by atoms with Gasteiger partial charge >= 0.3 is 17.9 Å². The Morgan fingerprint density at radius 3 is 1.11 bits per heavy atom. The average Bonchev–Trinajstić information content (AvgIpc) is 2.79. The molecule has 0 aromatic heterocycles. The molecule has 2 rings (SSSR count). The van der Waals surface area contributed by atoms with Gasteiger partial charge in [-0.05, 0) is 86.6 Å². The third-order valence-electron chi connectivity index (χ3n) is 3.48. The van der Waals surface area contributed by atoms with Crippen LogP contribution in [0.4, 0.5) is 0 Å². The lowest BCUT2D eigenvalue weighted by molar-refractivity contribution is -0.302. The van der Waals surface area contributed by atoms with Crippen LogP contribution >= 0.6 is 0 Å². The van der Waals surface area contributed by atoms with Crippen molar-refractivity contribution in [3.63, 3.8) is 0 Å². The monoisotopic (exact) mass is 504 g/mol. The van der Waals surface area contributed by atoms with Gasteiger partial charge in [-0.2, -0.15) is 14.7 Å². The summed E-state index contributed by atoms with van der Waals surface area (Å²) in [5, 5.41) is 0. The third-order valence-corrected chi connectivity index (χ3v) is 3.48. The molecule has 0 N–H and O–H groups in total.